The van der Waals surface area contributed by atoms with Crippen LogP contribution in [0.3, 0.4) is 0 Å². The van der Waals surface area contributed by atoms with Gasteiger partial charge in [0.2, 0.25) is 6.29 Å². The molecule has 1 N–H and O–H groups in total. The minimum absolute atomic E-state index is 0.0727. The minimum Gasteiger partial charge on any atom is -0.450 e. The third-order valence-electron chi connectivity index (χ3n) is 3.74. The van der Waals surface area contributed by atoms with Crippen LogP contribution in [-0.2, 0) is 28.4 Å². The third kappa shape index (κ3) is 2.93. The molecule has 3 fully saturated rings. The van der Waals surface area contributed by atoms with Gasteiger partial charge in [-0.05, 0) is 27.7 Å². The van der Waals surface area contributed by atoms with Gasteiger partial charge in [0.1, 0.15) is 18.3 Å². The van der Waals surface area contributed by atoms with Crippen LogP contribution in [0.5, 0.6) is 0 Å². The van der Waals surface area contributed by atoms with E-state index in [1.165, 1.54) is 0 Å². The Morgan fingerprint density at radius 1 is 1.00 bits per heavy atom. The molecule has 5 atom stereocenters. The van der Waals surface area contributed by atoms with Crippen LogP contribution in [0.2, 0.25) is 0 Å². The first-order chi connectivity index (χ1) is 9.67. The Morgan fingerprint density at radius 2 is 1.62 bits per heavy atom. The molecule has 3 saturated heterocycles. The van der Waals surface area contributed by atoms with E-state index in [1.807, 2.05) is 27.7 Å². The average molecular weight is 301 g/mol. The second kappa shape index (κ2) is 4.89. The Bertz CT molecular complexity index is 437. The van der Waals surface area contributed by atoms with Crippen LogP contribution in [0.4, 0.5) is 0 Å². The predicted octanol–water partition coefficient (Wildman–Crippen LogP) is 1.40. The summed E-state index contributed by atoms with van der Waals surface area (Å²) >= 11 is 0. The van der Waals surface area contributed by atoms with Crippen molar-refractivity contribution >= 4 is 5.90 Å². The summed E-state index contributed by atoms with van der Waals surface area (Å²) in [5, 5.41) is 7.51. The van der Waals surface area contributed by atoms with E-state index >= 15 is 0 Å². The number of ether oxygens (including phenoxy) is 6. The fourth-order valence-electron chi connectivity index (χ4n) is 3.01. The Balaban J connectivity index is 1.84. The summed E-state index contributed by atoms with van der Waals surface area (Å²) < 4.78 is 34.8. The first kappa shape index (κ1) is 15.2. The Labute approximate surface area is 124 Å². The molecular weight excluding hydrogens is 278 g/mol. The highest BCUT2D eigenvalue weighted by Gasteiger charge is 2.59. The summed E-state index contributed by atoms with van der Waals surface area (Å²) in [4.78, 5) is 0. The quantitative estimate of drug-likeness (QED) is 0.582. The highest BCUT2D eigenvalue weighted by atomic mass is 16.8. The van der Waals surface area contributed by atoms with Gasteiger partial charge in [0.25, 0.3) is 0 Å². The van der Waals surface area contributed by atoms with E-state index in [2.05, 4.69) is 0 Å². The second-order valence-electron chi connectivity index (χ2n) is 6.58. The third-order valence-corrected chi connectivity index (χ3v) is 3.74. The molecule has 3 rings (SSSR count). The molecule has 3 aliphatic heterocycles. The van der Waals surface area contributed by atoms with Gasteiger partial charge in [-0.15, -0.1) is 0 Å². The van der Waals surface area contributed by atoms with Crippen molar-refractivity contribution < 1.29 is 28.4 Å². The maximum absolute atomic E-state index is 7.51. The maximum Gasteiger partial charge on any atom is 0.231 e. The molecule has 0 amide bonds. The van der Waals surface area contributed by atoms with Gasteiger partial charge in [0, 0.05) is 6.92 Å². The number of fused-ring (bicyclic) bond motifs is 3. The topological polar surface area (TPSA) is 79.2 Å². The van der Waals surface area contributed by atoms with Crippen molar-refractivity contribution in [2.75, 3.05) is 6.61 Å². The molecule has 0 saturated carbocycles. The van der Waals surface area contributed by atoms with Crippen LogP contribution in [-0.4, -0.2) is 54.8 Å². The summed E-state index contributed by atoms with van der Waals surface area (Å²) in [6, 6.07) is 0. The summed E-state index contributed by atoms with van der Waals surface area (Å²) in [6.07, 6.45) is -2.03. The zero-order valence-corrected chi connectivity index (χ0v) is 13.0. The van der Waals surface area contributed by atoms with Crippen LogP contribution >= 0.6 is 0 Å². The van der Waals surface area contributed by atoms with Gasteiger partial charge in [-0.2, -0.15) is 0 Å². The molecule has 3 heterocycles. The van der Waals surface area contributed by atoms with Crippen molar-refractivity contribution in [3.05, 3.63) is 0 Å². The predicted molar refractivity (Wildman–Crippen MR) is 71.9 cm³/mol. The van der Waals surface area contributed by atoms with E-state index in [1.54, 1.807) is 6.92 Å². The van der Waals surface area contributed by atoms with Gasteiger partial charge in [-0.1, -0.05) is 0 Å². The van der Waals surface area contributed by atoms with Gasteiger partial charge in [-0.3, -0.25) is 5.41 Å². The van der Waals surface area contributed by atoms with Gasteiger partial charge in [0.05, 0.1) is 6.61 Å². The first-order valence-corrected chi connectivity index (χ1v) is 7.22. The van der Waals surface area contributed by atoms with Crippen LogP contribution < -0.4 is 0 Å². The van der Waals surface area contributed by atoms with Gasteiger partial charge >= 0.3 is 0 Å². The summed E-state index contributed by atoms with van der Waals surface area (Å²) in [6.45, 7) is 9.37. The first-order valence-electron chi connectivity index (χ1n) is 7.22. The molecule has 0 unspecified atom stereocenters. The van der Waals surface area contributed by atoms with Crippen LogP contribution in [0, 0.1) is 5.41 Å². The van der Waals surface area contributed by atoms with E-state index in [0.717, 1.165) is 0 Å². The molecule has 7 heteroatoms. The summed E-state index contributed by atoms with van der Waals surface area (Å²) in [5.41, 5.74) is 0. The zero-order chi connectivity index (χ0) is 15.4. The van der Waals surface area contributed by atoms with Crippen molar-refractivity contribution in [1.82, 2.24) is 0 Å². The van der Waals surface area contributed by atoms with Crippen LogP contribution in [0.25, 0.3) is 0 Å². The van der Waals surface area contributed by atoms with Gasteiger partial charge in [0.15, 0.2) is 23.6 Å². The molecule has 3 aliphatic rings. The van der Waals surface area contributed by atoms with E-state index in [0.29, 0.717) is 6.61 Å². The molecule has 0 spiro atoms. The number of hydrogen-bond acceptors (Lipinski definition) is 7. The minimum atomic E-state index is -0.739. The molecule has 0 aromatic rings. The van der Waals surface area contributed by atoms with Crippen molar-refractivity contribution in [1.29, 1.82) is 5.41 Å². The van der Waals surface area contributed by atoms with Crippen molar-refractivity contribution in [2.45, 2.75) is 76.9 Å². The molecular formula is C14H23NO6. The summed E-state index contributed by atoms with van der Waals surface area (Å²) in [5.74, 6) is -1.35. The fourth-order valence-corrected chi connectivity index (χ4v) is 3.01. The van der Waals surface area contributed by atoms with E-state index < -0.39 is 24.0 Å². The lowest BCUT2D eigenvalue weighted by molar-refractivity contribution is -0.363. The lowest BCUT2D eigenvalue weighted by Crippen LogP contribution is -2.64. The van der Waals surface area contributed by atoms with E-state index in [9.17, 15) is 0 Å². The van der Waals surface area contributed by atoms with Crippen LogP contribution in [0.15, 0.2) is 0 Å². The molecule has 0 bridgehead atoms. The average Bonchev–Trinajstić information content (AvgIpc) is 2.65. The number of rotatable bonds is 1. The Morgan fingerprint density at radius 3 is 2.29 bits per heavy atom. The van der Waals surface area contributed by atoms with Crippen molar-refractivity contribution in [3.8, 4) is 0 Å². The van der Waals surface area contributed by atoms with Crippen molar-refractivity contribution in [2.24, 2.45) is 0 Å². The smallest absolute Gasteiger partial charge is 0.231 e. The van der Waals surface area contributed by atoms with E-state index in [4.69, 9.17) is 33.8 Å². The highest BCUT2D eigenvalue weighted by molar-refractivity contribution is 5.69. The molecule has 0 aromatic carbocycles. The number of nitrogens with one attached hydrogen (secondary N) is 1. The number of hydrogen-bond donors (Lipinski definition) is 1. The molecule has 0 radical (unpaired) electrons. The van der Waals surface area contributed by atoms with Crippen molar-refractivity contribution in [3.63, 3.8) is 0 Å². The Hall–Kier alpha value is -0.730. The van der Waals surface area contributed by atoms with Crippen LogP contribution in [0.1, 0.15) is 34.6 Å². The zero-order valence-electron chi connectivity index (χ0n) is 13.0. The molecule has 21 heavy (non-hydrogen) atoms. The fraction of sp³-hybridized carbons (Fsp3) is 0.929. The lowest BCUT2D eigenvalue weighted by Gasteiger charge is -2.48. The SMILES string of the molecule is CC(=N)O[C@H]1O[C@@H]2COC(C)(C)O[C@H]2[C@@H]2OC(C)(C)O[C@H]12. The maximum atomic E-state index is 7.51. The molecule has 0 aliphatic carbocycles. The summed E-state index contributed by atoms with van der Waals surface area (Å²) in [7, 11) is 0. The highest BCUT2D eigenvalue weighted by Crippen LogP contribution is 2.42. The lowest BCUT2D eigenvalue weighted by atomic mass is 9.97. The van der Waals surface area contributed by atoms with E-state index in [-0.39, 0.29) is 24.2 Å². The molecule has 0 aromatic heterocycles. The second-order valence-corrected chi connectivity index (χ2v) is 6.58. The van der Waals surface area contributed by atoms with Gasteiger partial charge < -0.3 is 28.4 Å². The molecule has 7 nitrogen and oxygen atoms in total. The van der Waals surface area contributed by atoms with Gasteiger partial charge in [-0.25, -0.2) is 0 Å². The largest absolute Gasteiger partial charge is 0.450 e. The molecule has 120 valence electrons. The standard InChI is InChI=1S/C14H23NO6/c1-7(15)17-12-11-10(20-14(4,5)21-11)9-8(18-12)6-16-13(2,3)19-9/h8-12,15H,6H2,1-5H3/t8-,9-,10+,11+,12+/m1/s1. The Kier molecular flexibility index (Phi) is 3.53. The normalized spacial score (nSPS) is 43.8. The monoisotopic (exact) mass is 301 g/mol.